The number of nitrogens with two attached hydrogens (primary N) is 2. The molecule has 0 saturated carbocycles. The molecule has 0 amide bonds. The van der Waals surface area contributed by atoms with Crippen LogP contribution in [0.2, 0.25) is 0 Å². The number of nitrogens with zero attached hydrogens (tertiary/aromatic N) is 3. The Hall–Kier alpha value is -3.03. The van der Waals surface area contributed by atoms with Gasteiger partial charge in [-0.05, 0) is 43.2 Å². The van der Waals surface area contributed by atoms with Crippen LogP contribution in [-0.2, 0) is 0 Å². The van der Waals surface area contributed by atoms with Crippen LogP contribution in [-0.4, -0.2) is 36.9 Å². The second-order valence-electron chi connectivity index (χ2n) is 7.25. The number of hydrazine groups is 1. The molecule has 0 radical (unpaired) electrons. The number of hydrazone groups is 1. The van der Waals surface area contributed by atoms with Gasteiger partial charge in [0, 0.05) is 37.4 Å². The lowest BCUT2D eigenvalue weighted by Gasteiger charge is -2.40. The van der Waals surface area contributed by atoms with E-state index in [-0.39, 0.29) is 6.04 Å². The third kappa shape index (κ3) is 4.21. The maximum Gasteiger partial charge on any atom is 0.161 e. The average molecular weight is 395 g/mol. The zero-order valence-corrected chi connectivity index (χ0v) is 17.2. The molecule has 3 rings (SSSR count). The van der Waals surface area contributed by atoms with Gasteiger partial charge in [0.05, 0.1) is 0 Å². The highest BCUT2D eigenvalue weighted by Gasteiger charge is 2.32. The maximum absolute atomic E-state index is 6.02. The summed E-state index contributed by atoms with van der Waals surface area (Å²) in [5.74, 6) is 13.2. The molecule has 5 N–H and O–H groups in total. The van der Waals surface area contributed by atoms with Gasteiger partial charge in [0.2, 0.25) is 0 Å². The largest absolute Gasteiger partial charge is 0.459 e. The van der Waals surface area contributed by atoms with Gasteiger partial charge in [-0.25, -0.2) is 5.84 Å². The van der Waals surface area contributed by atoms with E-state index in [1.807, 2.05) is 6.07 Å². The molecule has 1 aliphatic heterocycles. The summed E-state index contributed by atoms with van der Waals surface area (Å²) in [6, 6.07) is 8.20. The van der Waals surface area contributed by atoms with Crippen LogP contribution < -0.4 is 22.0 Å². The second-order valence-corrected chi connectivity index (χ2v) is 7.25. The molecule has 1 aromatic carbocycles. The summed E-state index contributed by atoms with van der Waals surface area (Å²) in [6.07, 6.45) is 3.42. The highest BCUT2D eigenvalue weighted by atomic mass is 16.3. The molecule has 1 atom stereocenters. The predicted octanol–water partition coefficient (Wildman–Crippen LogP) is 2.78. The molecule has 0 aliphatic carbocycles. The number of piperazine rings is 1. The number of hydrogen-bond acceptors (Lipinski definition) is 6. The van der Waals surface area contributed by atoms with Crippen molar-refractivity contribution < 1.29 is 4.42 Å². The van der Waals surface area contributed by atoms with Crippen molar-refractivity contribution in [1.82, 2.24) is 10.3 Å². The Morgan fingerprint density at radius 2 is 1.90 bits per heavy atom. The van der Waals surface area contributed by atoms with Crippen LogP contribution >= 0.6 is 0 Å². The van der Waals surface area contributed by atoms with Gasteiger partial charge in [0.15, 0.2) is 5.84 Å². The molecule has 1 aliphatic rings. The first-order valence-electron chi connectivity index (χ1n) is 9.71. The maximum atomic E-state index is 6.02. The summed E-state index contributed by atoms with van der Waals surface area (Å²) in [5, 5.41) is 3.87. The van der Waals surface area contributed by atoms with Crippen LogP contribution in [0.1, 0.15) is 34.3 Å². The molecule has 154 valence electrons. The Labute approximate surface area is 172 Å². The number of aryl methyl sites for hydroxylation is 2. The van der Waals surface area contributed by atoms with Crippen molar-refractivity contribution in [2.24, 2.45) is 16.8 Å². The Bertz CT molecular complexity index is 883. The van der Waals surface area contributed by atoms with Gasteiger partial charge in [-0.15, -0.1) is 0 Å². The van der Waals surface area contributed by atoms with E-state index in [0.717, 1.165) is 31.7 Å². The van der Waals surface area contributed by atoms with Gasteiger partial charge in [-0.3, -0.25) is 4.90 Å². The molecule has 2 aromatic rings. The molecule has 2 heterocycles. The van der Waals surface area contributed by atoms with Crippen LogP contribution in [0, 0.1) is 13.8 Å². The lowest BCUT2D eigenvalue weighted by atomic mass is 10.1. The van der Waals surface area contributed by atoms with Gasteiger partial charge in [-0.1, -0.05) is 31.4 Å². The fraction of sp³-hybridized carbons (Fsp3) is 0.318. The van der Waals surface area contributed by atoms with Crippen LogP contribution in [0.4, 0.5) is 5.69 Å². The molecule has 0 bridgehead atoms. The number of anilines is 1. The Morgan fingerprint density at radius 1 is 1.17 bits per heavy atom. The van der Waals surface area contributed by atoms with E-state index in [2.05, 4.69) is 65.5 Å². The standard InChI is InChI=1S/C22H30N6O/c1-5-17-14-20(29-19(17)6-2)21(22(25-23)26-24)28-11-9-27(10-12-28)18-13-15(3)7-8-16(18)4/h5-8,13-14,21H,1-2,9-12,23-24H2,3-4H3,(H,25,26). The van der Waals surface area contributed by atoms with Gasteiger partial charge in [-0.2, -0.15) is 5.10 Å². The lowest BCUT2D eigenvalue weighted by Crippen LogP contribution is -2.52. The first-order chi connectivity index (χ1) is 14.0. The quantitative estimate of drug-likeness (QED) is 0.302. The summed E-state index contributed by atoms with van der Waals surface area (Å²) in [6.45, 7) is 15.3. The molecule has 7 heteroatoms. The Balaban J connectivity index is 1.85. The topological polar surface area (TPSA) is 96.0 Å². The first-order valence-corrected chi connectivity index (χ1v) is 9.71. The van der Waals surface area contributed by atoms with E-state index in [4.69, 9.17) is 16.1 Å². The minimum atomic E-state index is -0.307. The minimum Gasteiger partial charge on any atom is -0.459 e. The Morgan fingerprint density at radius 3 is 2.45 bits per heavy atom. The molecule has 1 saturated heterocycles. The number of amidine groups is 1. The van der Waals surface area contributed by atoms with E-state index < -0.39 is 0 Å². The van der Waals surface area contributed by atoms with Crippen molar-refractivity contribution in [2.75, 3.05) is 31.1 Å². The third-order valence-corrected chi connectivity index (χ3v) is 5.42. The molecule has 7 nitrogen and oxygen atoms in total. The fourth-order valence-corrected chi connectivity index (χ4v) is 3.85. The molecule has 29 heavy (non-hydrogen) atoms. The zero-order chi connectivity index (χ0) is 21.0. The molecule has 1 aromatic heterocycles. The summed E-state index contributed by atoms with van der Waals surface area (Å²) in [5.41, 5.74) is 7.34. The monoisotopic (exact) mass is 394 g/mol. The molecule has 1 fully saturated rings. The average Bonchev–Trinajstić information content (AvgIpc) is 3.16. The van der Waals surface area contributed by atoms with Gasteiger partial charge >= 0.3 is 0 Å². The fourth-order valence-electron chi connectivity index (χ4n) is 3.85. The number of benzene rings is 1. The van der Waals surface area contributed by atoms with Crippen molar-refractivity contribution in [3.63, 3.8) is 0 Å². The molecule has 1 unspecified atom stereocenters. The smallest absolute Gasteiger partial charge is 0.161 e. The zero-order valence-electron chi connectivity index (χ0n) is 17.2. The summed E-state index contributed by atoms with van der Waals surface area (Å²) < 4.78 is 6.02. The lowest BCUT2D eigenvalue weighted by molar-refractivity contribution is 0.206. The highest BCUT2D eigenvalue weighted by molar-refractivity contribution is 5.87. The van der Waals surface area contributed by atoms with Crippen molar-refractivity contribution in [1.29, 1.82) is 0 Å². The predicted molar refractivity (Wildman–Crippen MR) is 120 cm³/mol. The van der Waals surface area contributed by atoms with Crippen molar-refractivity contribution in [3.05, 3.63) is 65.6 Å². The van der Waals surface area contributed by atoms with E-state index in [0.29, 0.717) is 17.4 Å². The SMILES string of the molecule is C=Cc1cc(C(/C(=N/N)NN)N2CCN(c3cc(C)ccc3C)CC2)oc1C=C. The van der Waals surface area contributed by atoms with Gasteiger partial charge in [0.25, 0.3) is 0 Å². The normalized spacial score (nSPS) is 16.5. The van der Waals surface area contributed by atoms with Crippen molar-refractivity contribution in [2.45, 2.75) is 19.9 Å². The van der Waals surface area contributed by atoms with E-state index in [1.54, 1.807) is 12.2 Å². The second kappa shape index (κ2) is 8.98. The van der Waals surface area contributed by atoms with Crippen LogP contribution in [0.25, 0.3) is 12.2 Å². The molecular formula is C22H30N6O. The summed E-state index contributed by atoms with van der Waals surface area (Å²) in [7, 11) is 0. The van der Waals surface area contributed by atoms with Crippen LogP contribution in [0.5, 0.6) is 0 Å². The number of nitrogens with one attached hydrogen (secondary N) is 1. The highest BCUT2D eigenvalue weighted by Crippen LogP contribution is 2.30. The summed E-state index contributed by atoms with van der Waals surface area (Å²) in [4.78, 5) is 4.68. The van der Waals surface area contributed by atoms with Crippen LogP contribution in [0.15, 0.2) is 46.9 Å². The molecule has 0 spiro atoms. The Kier molecular flexibility index (Phi) is 6.41. The van der Waals surface area contributed by atoms with Crippen LogP contribution in [0.3, 0.4) is 0 Å². The van der Waals surface area contributed by atoms with E-state index in [1.165, 1.54) is 16.8 Å². The van der Waals surface area contributed by atoms with Crippen molar-refractivity contribution in [3.8, 4) is 0 Å². The number of rotatable bonds is 6. The van der Waals surface area contributed by atoms with Crippen molar-refractivity contribution >= 4 is 23.7 Å². The number of furan rings is 1. The van der Waals surface area contributed by atoms with Gasteiger partial charge < -0.3 is 20.6 Å². The van der Waals surface area contributed by atoms with E-state index >= 15 is 0 Å². The van der Waals surface area contributed by atoms with Gasteiger partial charge in [0.1, 0.15) is 17.6 Å². The molecular weight excluding hydrogens is 364 g/mol. The summed E-state index contributed by atoms with van der Waals surface area (Å²) >= 11 is 0. The first kappa shape index (κ1) is 20.7. The van der Waals surface area contributed by atoms with E-state index in [9.17, 15) is 0 Å². The number of hydrogen-bond donors (Lipinski definition) is 3. The third-order valence-electron chi connectivity index (χ3n) is 5.42. The minimum absolute atomic E-state index is 0.307.